The molecule has 5 rings (SSSR count). The number of carbonyl (C=O) groups excluding carboxylic acids is 3. The summed E-state index contributed by atoms with van der Waals surface area (Å²) in [4.78, 5) is 42.8. The maximum Gasteiger partial charge on any atom is 0.325 e. The molecule has 1 aliphatic heterocycles. The molecule has 1 saturated carbocycles. The summed E-state index contributed by atoms with van der Waals surface area (Å²) in [6, 6.07) is 14.4. The van der Waals surface area contributed by atoms with Crippen LogP contribution < -0.4 is 15.4 Å². The van der Waals surface area contributed by atoms with Crippen molar-refractivity contribution in [2.24, 2.45) is 5.92 Å². The molecule has 4 amide bonds. The van der Waals surface area contributed by atoms with Gasteiger partial charge in [-0.1, -0.05) is 29.5 Å². The van der Waals surface area contributed by atoms with Crippen molar-refractivity contribution in [3.63, 3.8) is 0 Å². The van der Waals surface area contributed by atoms with Crippen molar-refractivity contribution in [2.45, 2.75) is 25.3 Å². The fourth-order valence-corrected chi connectivity index (χ4v) is 4.66. The van der Waals surface area contributed by atoms with Crippen molar-refractivity contribution in [1.82, 2.24) is 15.2 Å². The number of aromatic nitrogens is 1. The minimum atomic E-state index is -0.900. The highest BCUT2D eigenvalue weighted by atomic mass is 32.1. The van der Waals surface area contributed by atoms with Crippen LogP contribution in [0.15, 0.2) is 48.5 Å². The van der Waals surface area contributed by atoms with E-state index in [0.29, 0.717) is 10.9 Å². The third-order valence-electron chi connectivity index (χ3n) is 5.58. The smallest absolute Gasteiger partial charge is 0.325 e. The van der Waals surface area contributed by atoms with Crippen molar-refractivity contribution in [1.29, 1.82) is 0 Å². The lowest BCUT2D eigenvalue weighted by Gasteiger charge is -2.20. The average Bonchev–Trinajstić information content (AvgIpc) is 3.49. The van der Waals surface area contributed by atoms with E-state index in [1.807, 2.05) is 48.5 Å². The van der Waals surface area contributed by atoms with Crippen LogP contribution in [-0.4, -0.2) is 39.8 Å². The van der Waals surface area contributed by atoms with E-state index in [4.69, 9.17) is 4.74 Å². The first-order valence-corrected chi connectivity index (χ1v) is 10.8. The van der Waals surface area contributed by atoms with Gasteiger partial charge in [-0.2, -0.15) is 0 Å². The molecule has 0 radical (unpaired) electrons. The van der Waals surface area contributed by atoms with Gasteiger partial charge in [-0.15, -0.1) is 0 Å². The molecule has 1 saturated heterocycles. The number of nitrogens with zero attached hydrogens (tertiary/aromatic N) is 2. The zero-order chi connectivity index (χ0) is 21.6. The Bertz CT molecular complexity index is 1190. The Morgan fingerprint density at radius 2 is 2.00 bits per heavy atom. The van der Waals surface area contributed by atoms with Gasteiger partial charge >= 0.3 is 6.03 Å². The minimum Gasteiger partial charge on any atom is -0.457 e. The number of imide groups is 1. The van der Waals surface area contributed by atoms with Gasteiger partial charge in [0.15, 0.2) is 5.13 Å². The first-order chi connectivity index (χ1) is 14.9. The highest BCUT2D eigenvalue weighted by molar-refractivity contribution is 7.22. The second-order valence-corrected chi connectivity index (χ2v) is 8.94. The third kappa shape index (κ3) is 3.72. The van der Waals surface area contributed by atoms with Gasteiger partial charge < -0.3 is 15.4 Å². The zero-order valence-corrected chi connectivity index (χ0v) is 17.6. The molecule has 2 aromatic carbocycles. The molecule has 0 spiro atoms. The van der Waals surface area contributed by atoms with Crippen molar-refractivity contribution >= 4 is 44.5 Å². The van der Waals surface area contributed by atoms with Gasteiger partial charge in [0.1, 0.15) is 23.6 Å². The van der Waals surface area contributed by atoms with Crippen LogP contribution in [0.2, 0.25) is 0 Å². The maximum atomic E-state index is 12.7. The Morgan fingerprint density at radius 1 is 1.23 bits per heavy atom. The van der Waals surface area contributed by atoms with E-state index < -0.39 is 17.5 Å². The molecule has 2 aliphatic rings. The number of carbonyl (C=O) groups is 3. The van der Waals surface area contributed by atoms with Crippen molar-refractivity contribution in [3.8, 4) is 11.5 Å². The molecule has 1 aliphatic carbocycles. The predicted molar refractivity (Wildman–Crippen MR) is 116 cm³/mol. The van der Waals surface area contributed by atoms with Gasteiger partial charge in [0.2, 0.25) is 5.91 Å². The van der Waals surface area contributed by atoms with Crippen LogP contribution in [0.1, 0.15) is 19.8 Å². The first kappa shape index (κ1) is 19.5. The lowest BCUT2D eigenvalue weighted by atomic mass is 9.96. The zero-order valence-electron chi connectivity index (χ0n) is 16.8. The van der Waals surface area contributed by atoms with E-state index in [2.05, 4.69) is 15.6 Å². The minimum absolute atomic E-state index is 0.147. The summed E-state index contributed by atoms with van der Waals surface area (Å²) in [5.74, 6) is 0.727. The van der Waals surface area contributed by atoms with E-state index in [1.165, 1.54) is 11.3 Å². The van der Waals surface area contributed by atoms with Gasteiger partial charge in [0.05, 0.1) is 10.2 Å². The van der Waals surface area contributed by atoms with Crippen LogP contribution in [0.3, 0.4) is 0 Å². The summed E-state index contributed by atoms with van der Waals surface area (Å²) in [7, 11) is 0. The number of amides is 4. The number of fused-ring (bicyclic) bond motifs is 1. The van der Waals surface area contributed by atoms with Crippen LogP contribution in [0, 0.1) is 5.92 Å². The topological polar surface area (TPSA) is 101 Å². The van der Waals surface area contributed by atoms with Gasteiger partial charge in [-0.25, -0.2) is 9.78 Å². The quantitative estimate of drug-likeness (QED) is 0.573. The molecular formula is C22H20N4O4S. The Morgan fingerprint density at radius 3 is 2.74 bits per heavy atom. The standard InChI is InChI=1S/C22H20N4O4S/c1-22(13-7-8-13)19(28)26(21(29)25-22)12-18(27)24-20-23-16-10-9-15(11-17(16)31-20)30-14-5-3-2-4-6-14/h2-6,9-11,13H,7-8,12H2,1H3,(H,25,29)(H,23,24,27). The molecule has 3 aromatic rings. The lowest BCUT2D eigenvalue weighted by Crippen LogP contribution is -2.46. The molecule has 8 nitrogen and oxygen atoms in total. The molecule has 0 bridgehead atoms. The fourth-order valence-electron chi connectivity index (χ4n) is 3.75. The second kappa shape index (κ2) is 7.35. The molecule has 1 atom stereocenters. The summed E-state index contributed by atoms with van der Waals surface area (Å²) in [6.45, 7) is 1.39. The van der Waals surface area contributed by atoms with Gasteiger partial charge in [-0.05, 0) is 49.9 Å². The fraction of sp³-hybridized carbons (Fsp3) is 0.273. The number of thiazole rings is 1. The molecule has 31 heavy (non-hydrogen) atoms. The number of ether oxygens (including phenoxy) is 1. The Balaban J connectivity index is 1.26. The first-order valence-electron chi connectivity index (χ1n) is 10.00. The Kier molecular flexibility index (Phi) is 4.62. The van der Waals surface area contributed by atoms with Crippen LogP contribution in [0.25, 0.3) is 10.2 Å². The van der Waals surface area contributed by atoms with E-state index in [9.17, 15) is 14.4 Å². The molecule has 158 valence electrons. The van der Waals surface area contributed by atoms with E-state index in [0.717, 1.165) is 33.7 Å². The summed E-state index contributed by atoms with van der Waals surface area (Å²) < 4.78 is 6.68. The summed E-state index contributed by atoms with van der Waals surface area (Å²) >= 11 is 1.30. The van der Waals surface area contributed by atoms with Crippen molar-refractivity contribution < 1.29 is 19.1 Å². The van der Waals surface area contributed by atoms with E-state index in [1.54, 1.807) is 6.92 Å². The van der Waals surface area contributed by atoms with Gasteiger partial charge in [0.25, 0.3) is 5.91 Å². The number of anilines is 1. The normalized spacial score (nSPS) is 20.7. The number of urea groups is 1. The molecule has 1 aromatic heterocycles. The van der Waals surface area contributed by atoms with Crippen LogP contribution >= 0.6 is 11.3 Å². The molecule has 2 N–H and O–H groups in total. The molecule has 1 unspecified atom stereocenters. The highest BCUT2D eigenvalue weighted by Gasteiger charge is 2.56. The van der Waals surface area contributed by atoms with Crippen molar-refractivity contribution in [3.05, 3.63) is 48.5 Å². The van der Waals surface area contributed by atoms with Gasteiger partial charge in [-0.3, -0.25) is 14.5 Å². The van der Waals surface area contributed by atoms with Crippen LogP contribution in [0.4, 0.5) is 9.93 Å². The number of benzene rings is 2. The highest BCUT2D eigenvalue weighted by Crippen LogP contribution is 2.42. The number of rotatable bonds is 6. The third-order valence-corrected chi connectivity index (χ3v) is 6.52. The number of nitrogens with one attached hydrogen (secondary N) is 2. The Labute approximate surface area is 182 Å². The number of hydrogen-bond acceptors (Lipinski definition) is 6. The summed E-state index contributed by atoms with van der Waals surface area (Å²) in [5, 5.41) is 5.83. The summed E-state index contributed by atoms with van der Waals surface area (Å²) in [5.41, 5.74) is -0.181. The monoisotopic (exact) mass is 436 g/mol. The van der Waals surface area contributed by atoms with Crippen LogP contribution in [-0.2, 0) is 9.59 Å². The van der Waals surface area contributed by atoms with Crippen molar-refractivity contribution in [2.75, 3.05) is 11.9 Å². The SMILES string of the molecule is CC1(C2CC2)NC(=O)N(CC(=O)Nc2nc3ccc(Oc4ccccc4)cc3s2)C1=O. The van der Waals surface area contributed by atoms with E-state index >= 15 is 0 Å². The maximum absolute atomic E-state index is 12.7. The van der Waals surface area contributed by atoms with Gasteiger partial charge in [0, 0.05) is 6.07 Å². The second-order valence-electron chi connectivity index (χ2n) is 7.91. The lowest BCUT2D eigenvalue weighted by molar-refractivity contribution is -0.134. The molecular weight excluding hydrogens is 416 g/mol. The predicted octanol–water partition coefficient (Wildman–Crippen LogP) is 3.75. The Hall–Kier alpha value is -3.46. The average molecular weight is 436 g/mol. The molecule has 9 heteroatoms. The van der Waals surface area contributed by atoms with E-state index in [-0.39, 0.29) is 18.4 Å². The molecule has 2 fully saturated rings. The number of para-hydroxylation sites is 1. The van der Waals surface area contributed by atoms with Crippen LogP contribution in [0.5, 0.6) is 11.5 Å². The molecule has 2 heterocycles. The largest absolute Gasteiger partial charge is 0.457 e. The number of hydrogen-bond donors (Lipinski definition) is 2. The summed E-state index contributed by atoms with van der Waals surface area (Å²) in [6.07, 6.45) is 1.81.